The molecule has 0 unspecified atom stereocenters. The third-order valence-corrected chi connectivity index (χ3v) is 2.22. The first-order valence-corrected chi connectivity index (χ1v) is 5.43. The van der Waals surface area contributed by atoms with Gasteiger partial charge in [0.1, 0.15) is 5.71 Å². The highest BCUT2D eigenvalue weighted by Crippen LogP contribution is 2.10. The number of allylic oxidation sites excluding steroid dienone is 4. The van der Waals surface area contributed by atoms with Crippen molar-refractivity contribution >= 4 is 11.4 Å². The van der Waals surface area contributed by atoms with Crippen molar-refractivity contribution in [1.29, 1.82) is 5.41 Å². The number of nitrogens with two attached hydrogens (primary N) is 1. The first-order valence-electron chi connectivity index (χ1n) is 5.43. The monoisotopic (exact) mass is 224 g/mol. The summed E-state index contributed by atoms with van der Waals surface area (Å²) < 4.78 is 0. The van der Waals surface area contributed by atoms with E-state index >= 15 is 0 Å². The van der Waals surface area contributed by atoms with Crippen LogP contribution < -0.4 is 5.73 Å². The molecule has 1 rings (SSSR count). The Balaban J connectivity index is 2.95. The average Bonchev–Trinajstić information content (AvgIpc) is 2.34. The van der Waals surface area contributed by atoms with Crippen LogP contribution in [0.2, 0.25) is 0 Å². The third-order valence-electron chi connectivity index (χ3n) is 2.22. The molecule has 0 amide bonds. The molecule has 0 aromatic heterocycles. The second kappa shape index (κ2) is 6.34. The highest BCUT2D eigenvalue weighted by Gasteiger charge is 2.00. The molecule has 0 atom stereocenters. The summed E-state index contributed by atoms with van der Waals surface area (Å²) in [6.45, 7) is 3.86. The number of nitrogen functional groups attached to an aromatic ring is 1. The lowest BCUT2D eigenvalue weighted by Gasteiger charge is -2.00. The summed E-state index contributed by atoms with van der Waals surface area (Å²) >= 11 is 0. The Morgan fingerprint density at radius 1 is 1.24 bits per heavy atom. The lowest BCUT2D eigenvalue weighted by atomic mass is 10.1. The molecule has 0 aliphatic carbocycles. The van der Waals surface area contributed by atoms with Gasteiger partial charge in [-0.15, -0.1) is 0 Å². The Hall–Kier alpha value is -2.27. The van der Waals surface area contributed by atoms with Crippen LogP contribution in [0.5, 0.6) is 0 Å². The zero-order chi connectivity index (χ0) is 12.7. The zero-order valence-electron chi connectivity index (χ0n) is 10.1. The molecule has 86 valence electrons. The summed E-state index contributed by atoms with van der Waals surface area (Å²) in [7, 11) is 0. The first-order chi connectivity index (χ1) is 8.19. The van der Waals surface area contributed by atoms with E-state index in [1.165, 1.54) is 0 Å². The van der Waals surface area contributed by atoms with Gasteiger partial charge >= 0.3 is 0 Å². The maximum absolute atomic E-state index is 7.87. The van der Waals surface area contributed by atoms with Crippen molar-refractivity contribution in [3.8, 4) is 11.8 Å². The number of hydrogen-bond acceptors (Lipinski definition) is 2. The maximum Gasteiger partial charge on any atom is 0.114 e. The number of para-hydroxylation sites is 1. The van der Waals surface area contributed by atoms with Crippen LogP contribution in [0.1, 0.15) is 19.4 Å². The molecule has 1 aromatic rings. The van der Waals surface area contributed by atoms with E-state index in [-0.39, 0.29) is 5.71 Å². The van der Waals surface area contributed by atoms with Crippen LogP contribution in [-0.2, 0) is 0 Å². The molecule has 0 aliphatic rings. The Labute approximate surface area is 102 Å². The van der Waals surface area contributed by atoms with Crippen molar-refractivity contribution in [2.45, 2.75) is 13.8 Å². The summed E-state index contributed by atoms with van der Waals surface area (Å²) in [5, 5.41) is 7.87. The smallest absolute Gasteiger partial charge is 0.114 e. The van der Waals surface area contributed by atoms with Crippen molar-refractivity contribution in [2.75, 3.05) is 5.73 Å². The van der Waals surface area contributed by atoms with Crippen LogP contribution >= 0.6 is 0 Å². The van der Waals surface area contributed by atoms with Crippen molar-refractivity contribution < 1.29 is 0 Å². The molecule has 17 heavy (non-hydrogen) atoms. The molecule has 0 saturated heterocycles. The molecular formula is C15H16N2. The molecule has 0 radical (unpaired) electrons. The normalized spacial score (nSPS) is 11.1. The Morgan fingerprint density at radius 3 is 2.53 bits per heavy atom. The predicted molar refractivity (Wildman–Crippen MR) is 74.0 cm³/mol. The fourth-order valence-corrected chi connectivity index (χ4v) is 1.32. The lowest BCUT2D eigenvalue weighted by Crippen LogP contribution is -2.00. The van der Waals surface area contributed by atoms with Gasteiger partial charge in [0.2, 0.25) is 0 Å². The molecular weight excluding hydrogens is 208 g/mol. The SMILES string of the molecule is C/C=C\C(C#CC(=N)c1ccccc1N)=C/C. The standard InChI is InChI=1S/C15H16N2/c1-3-7-12(4-2)10-11-15(17)13-8-5-6-9-14(13)16/h3-9,17H,16H2,1-2H3/b7-3-,12-4+,17-15?. The van der Waals surface area contributed by atoms with Gasteiger partial charge in [-0.05, 0) is 25.8 Å². The van der Waals surface area contributed by atoms with Gasteiger partial charge in [0.25, 0.3) is 0 Å². The number of hydrogen-bond donors (Lipinski definition) is 2. The second-order valence-electron chi connectivity index (χ2n) is 3.46. The van der Waals surface area contributed by atoms with Gasteiger partial charge < -0.3 is 5.73 Å². The van der Waals surface area contributed by atoms with E-state index in [0.29, 0.717) is 11.3 Å². The number of anilines is 1. The van der Waals surface area contributed by atoms with Crippen LogP contribution in [-0.4, -0.2) is 5.71 Å². The Morgan fingerprint density at radius 2 is 1.94 bits per heavy atom. The van der Waals surface area contributed by atoms with E-state index in [2.05, 4.69) is 11.8 Å². The first kappa shape index (κ1) is 12.8. The minimum atomic E-state index is 0.243. The summed E-state index contributed by atoms with van der Waals surface area (Å²) in [6.07, 6.45) is 5.74. The molecule has 0 saturated carbocycles. The quantitative estimate of drug-likeness (QED) is 0.345. The van der Waals surface area contributed by atoms with Crippen LogP contribution in [0.15, 0.2) is 48.1 Å². The molecule has 0 aliphatic heterocycles. The minimum Gasteiger partial charge on any atom is -0.398 e. The largest absolute Gasteiger partial charge is 0.398 e. The van der Waals surface area contributed by atoms with Crippen LogP contribution in [0.4, 0.5) is 5.69 Å². The Bertz CT molecular complexity index is 525. The molecule has 2 nitrogen and oxygen atoms in total. The van der Waals surface area contributed by atoms with Crippen molar-refractivity contribution in [1.82, 2.24) is 0 Å². The van der Waals surface area contributed by atoms with Crippen LogP contribution in [0.3, 0.4) is 0 Å². The summed E-state index contributed by atoms with van der Waals surface area (Å²) in [4.78, 5) is 0. The lowest BCUT2D eigenvalue weighted by molar-refractivity contribution is 1.50. The van der Waals surface area contributed by atoms with Crippen molar-refractivity contribution in [3.63, 3.8) is 0 Å². The second-order valence-corrected chi connectivity index (χ2v) is 3.46. The molecule has 0 spiro atoms. The topological polar surface area (TPSA) is 49.9 Å². The number of rotatable bonds is 2. The van der Waals surface area contributed by atoms with E-state index < -0.39 is 0 Å². The molecule has 1 aromatic carbocycles. The van der Waals surface area contributed by atoms with E-state index in [1.807, 2.05) is 44.2 Å². The molecule has 3 N–H and O–H groups in total. The maximum atomic E-state index is 7.87. The molecule has 0 bridgehead atoms. The van der Waals surface area contributed by atoms with Gasteiger partial charge in [-0.1, -0.05) is 42.3 Å². The van der Waals surface area contributed by atoms with Gasteiger partial charge in [-0.3, -0.25) is 5.41 Å². The highest BCUT2D eigenvalue weighted by atomic mass is 14.6. The summed E-state index contributed by atoms with van der Waals surface area (Å²) in [5.74, 6) is 5.75. The summed E-state index contributed by atoms with van der Waals surface area (Å²) in [5.41, 5.74) is 8.18. The van der Waals surface area contributed by atoms with E-state index in [0.717, 1.165) is 5.57 Å². The minimum absolute atomic E-state index is 0.243. The van der Waals surface area contributed by atoms with Gasteiger partial charge in [0.15, 0.2) is 0 Å². The molecule has 0 heterocycles. The van der Waals surface area contributed by atoms with Crippen LogP contribution in [0.25, 0.3) is 0 Å². The molecule has 2 heteroatoms. The van der Waals surface area contributed by atoms with Gasteiger partial charge in [0, 0.05) is 16.8 Å². The predicted octanol–water partition coefficient (Wildman–Crippen LogP) is 3.16. The Kier molecular flexibility index (Phi) is 4.77. The van der Waals surface area contributed by atoms with E-state index in [9.17, 15) is 0 Å². The average molecular weight is 224 g/mol. The fraction of sp³-hybridized carbons (Fsp3) is 0.133. The zero-order valence-corrected chi connectivity index (χ0v) is 10.1. The van der Waals surface area contributed by atoms with E-state index in [1.54, 1.807) is 12.1 Å². The highest BCUT2D eigenvalue weighted by molar-refractivity contribution is 6.14. The third kappa shape index (κ3) is 3.66. The van der Waals surface area contributed by atoms with Gasteiger partial charge in [0.05, 0.1) is 0 Å². The van der Waals surface area contributed by atoms with Crippen molar-refractivity contribution in [2.24, 2.45) is 0 Å². The van der Waals surface area contributed by atoms with Gasteiger partial charge in [-0.25, -0.2) is 0 Å². The number of nitrogens with one attached hydrogen (secondary N) is 1. The van der Waals surface area contributed by atoms with Gasteiger partial charge in [-0.2, -0.15) is 0 Å². The number of benzene rings is 1. The summed E-state index contributed by atoms with van der Waals surface area (Å²) in [6, 6.07) is 7.27. The van der Waals surface area contributed by atoms with Crippen LogP contribution in [0, 0.1) is 17.3 Å². The fourth-order valence-electron chi connectivity index (χ4n) is 1.32. The molecule has 0 fully saturated rings. The van der Waals surface area contributed by atoms with E-state index in [4.69, 9.17) is 11.1 Å². The van der Waals surface area contributed by atoms with Crippen molar-refractivity contribution in [3.05, 3.63) is 53.6 Å².